The molecule has 5 rings (SSSR count). The molecular weight excluding hydrogens is 572 g/mol. The maximum atomic E-state index is 13.1. The highest BCUT2D eigenvalue weighted by molar-refractivity contribution is 6.10. The molecule has 0 fully saturated rings. The van der Waals surface area contributed by atoms with Gasteiger partial charge in [-0.25, -0.2) is 0 Å². The number of hydrogen-bond acceptors (Lipinski definition) is 7. The van der Waals surface area contributed by atoms with E-state index in [0.717, 1.165) is 0 Å². The summed E-state index contributed by atoms with van der Waals surface area (Å²) in [6.07, 6.45) is 0. The maximum absolute atomic E-state index is 13.1. The molecule has 0 heterocycles. The largest absolute Gasteiger partial charge is 0.508 e. The normalized spacial score (nSPS) is 10.4. The molecule has 0 bridgehead atoms. The fourth-order valence-corrected chi connectivity index (χ4v) is 4.40. The summed E-state index contributed by atoms with van der Waals surface area (Å²) >= 11 is 0. The third-order valence-corrected chi connectivity index (χ3v) is 6.50. The lowest BCUT2D eigenvalue weighted by molar-refractivity contribution is 0.101. The molecule has 0 unspecified atom stereocenters. The van der Waals surface area contributed by atoms with Crippen molar-refractivity contribution in [1.29, 1.82) is 0 Å². The molecule has 5 aromatic rings. The van der Waals surface area contributed by atoms with Gasteiger partial charge in [0.2, 0.25) is 0 Å². The van der Waals surface area contributed by atoms with E-state index in [1.807, 2.05) is 0 Å². The van der Waals surface area contributed by atoms with Gasteiger partial charge in [0.1, 0.15) is 5.75 Å². The zero-order valence-electron chi connectivity index (χ0n) is 23.7. The van der Waals surface area contributed by atoms with Crippen molar-refractivity contribution in [3.63, 3.8) is 0 Å². The highest BCUT2D eigenvalue weighted by atomic mass is 16.3. The van der Waals surface area contributed by atoms with E-state index in [1.54, 1.807) is 97.1 Å². The molecule has 0 aliphatic rings. The van der Waals surface area contributed by atoms with Crippen molar-refractivity contribution in [3.8, 4) is 5.75 Å². The van der Waals surface area contributed by atoms with Gasteiger partial charge in [-0.1, -0.05) is 24.3 Å². The third kappa shape index (κ3) is 7.81. The third-order valence-electron chi connectivity index (χ3n) is 6.50. The molecule has 0 aliphatic carbocycles. The fraction of sp³-hybridized carbons (Fsp3) is 0. The summed E-state index contributed by atoms with van der Waals surface area (Å²) in [4.78, 5) is 51.3. The molecule has 4 amide bonds. The van der Waals surface area contributed by atoms with Crippen molar-refractivity contribution in [2.75, 3.05) is 32.7 Å². The molecule has 45 heavy (non-hydrogen) atoms. The Hall–Kier alpha value is -6.62. The number of phenolic OH excluding ortho intramolecular Hbond substituents is 1. The van der Waals surface area contributed by atoms with Crippen LogP contribution in [0.15, 0.2) is 115 Å². The standard InChI is InChI=1S/C34H28N6O5/c35-24-7-1-5-20(14-24)31(42)37-26-9-3-11-28(18-26)39-33(44)22-13-23(17-30(41)16-22)34(45)40-29-12-4-10-27(19-29)38-32(43)21-6-2-8-25(36)15-21/h1-19,41H,35-36H2,(H,37,42)(H,38,43)(H,39,44)(H,40,45). The molecule has 5 aromatic carbocycles. The van der Waals surface area contributed by atoms with Gasteiger partial charge in [-0.15, -0.1) is 0 Å². The fourth-order valence-electron chi connectivity index (χ4n) is 4.40. The Bertz CT molecular complexity index is 1810. The van der Waals surface area contributed by atoms with Crippen molar-refractivity contribution in [3.05, 3.63) is 138 Å². The minimum Gasteiger partial charge on any atom is -0.508 e. The predicted molar refractivity (Wildman–Crippen MR) is 175 cm³/mol. The Morgan fingerprint density at radius 2 is 0.756 bits per heavy atom. The molecule has 9 N–H and O–H groups in total. The average Bonchev–Trinajstić information content (AvgIpc) is 3.01. The minimum absolute atomic E-state index is 0.0255. The van der Waals surface area contributed by atoms with Gasteiger partial charge in [0.05, 0.1) is 0 Å². The Kier molecular flexibility index (Phi) is 8.71. The number of carbonyl (C=O) groups is 4. The molecule has 0 saturated carbocycles. The van der Waals surface area contributed by atoms with Crippen LogP contribution in [0.4, 0.5) is 34.1 Å². The number of amides is 4. The van der Waals surface area contributed by atoms with Gasteiger partial charge >= 0.3 is 0 Å². The first kappa shape index (κ1) is 29.9. The van der Waals surface area contributed by atoms with E-state index < -0.39 is 11.8 Å². The molecular formula is C34H28N6O5. The van der Waals surface area contributed by atoms with Crippen LogP contribution < -0.4 is 32.7 Å². The maximum Gasteiger partial charge on any atom is 0.255 e. The van der Waals surface area contributed by atoms with Gasteiger partial charge in [-0.3, -0.25) is 19.2 Å². The number of rotatable bonds is 8. The Morgan fingerprint density at radius 1 is 0.422 bits per heavy atom. The number of nitrogens with two attached hydrogens (primary N) is 2. The smallest absolute Gasteiger partial charge is 0.255 e. The molecule has 0 radical (unpaired) electrons. The molecule has 11 heteroatoms. The Balaban J connectivity index is 1.25. The van der Waals surface area contributed by atoms with Crippen LogP contribution in [0, 0.1) is 0 Å². The lowest BCUT2D eigenvalue weighted by Gasteiger charge is -2.11. The molecule has 0 saturated heterocycles. The zero-order chi connectivity index (χ0) is 31.9. The number of anilines is 6. The second-order valence-electron chi connectivity index (χ2n) is 10.00. The minimum atomic E-state index is -0.592. The van der Waals surface area contributed by atoms with Crippen LogP contribution in [-0.2, 0) is 0 Å². The number of benzene rings is 5. The topological polar surface area (TPSA) is 189 Å². The first-order chi connectivity index (χ1) is 21.6. The van der Waals surface area contributed by atoms with Gasteiger partial charge in [0.15, 0.2) is 0 Å². The van der Waals surface area contributed by atoms with Crippen LogP contribution >= 0.6 is 0 Å². The molecule has 0 aromatic heterocycles. The van der Waals surface area contributed by atoms with Crippen LogP contribution in [-0.4, -0.2) is 28.7 Å². The van der Waals surface area contributed by atoms with Crippen molar-refractivity contribution < 1.29 is 24.3 Å². The van der Waals surface area contributed by atoms with Crippen LogP contribution in [0.2, 0.25) is 0 Å². The number of carbonyl (C=O) groups excluding carboxylic acids is 4. The lowest BCUT2D eigenvalue weighted by Crippen LogP contribution is -2.16. The molecule has 0 spiro atoms. The summed E-state index contributed by atoms with van der Waals surface area (Å²) < 4.78 is 0. The average molecular weight is 601 g/mol. The summed E-state index contributed by atoms with van der Waals surface area (Å²) in [7, 11) is 0. The van der Waals surface area contributed by atoms with Crippen LogP contribution in [0.5, 0.6) is 5.75 Å². The van der Waals surface area contributed by atoms with Crippen molar-refractivity contribution in [1.82, 2.24) is 0 Å². The van der Waals surface area contributed by atoms with E-state index >= 15 is 0 Å². The van der Waals surface area contributed by atoms with Gasteiger partial charge in [0, 0.05) is 56.4 Å². The first-order valence-corrected chi connectivity index (χ1v) is 13.6. The summed E-state index contributed by atoms with van der Waals surface area (Å²) in [5.74, 6) is -2.22. The summed E-state index contributed by atoms with van der Waals surface area (Å²) in [6.45, 7) is 0. The summed E-state index contributed by atoms with van der Waals surface area (Å²) in [6, 6.07) is 29.8. The molecule has 0 aliphatic heterocycles. The molecule has 11 nitrogen and oxygen atoms in total. The second kappa shape index (κ2) is 13.1. The van der Waals surface area contributed by atoms with Crippen molar-refractivity contribution >= 4 is 57.8 Å². The highest BCUT2D eigenvalue weighted by Gasteiger charge is 2.15. The Morgan fingerprint density at radius 3 is 1.11 bits per heavy atom. The number of nitrogens with one attached hydrogen (secondary N) is 4. The van der Waals surface area contributed by atoms with E-state index in [-0.39, 0.29) is 28.7 Å². The van der Waals surface area contributed by atoms with E-state index in [2.05, 4.69) is 21.3 Å². The summed E-state index contributed by atoms with van der Waals surface area (Å²) in [5.41, 5.74) is 14.8. The van der Waals surface area contributed by atoms with E-state index in [9.17, 15) is 24.3 Å². The number of hydrogen-bond donors (Lipinski definition) is 7. The highest BCUT2D eigenvalue weighted by Crippen LogP contribution is 2.22. The second-order valence-corrected chi connectivity index (χ2v) is 10.00. The van der Waals surface area contributed by atoms with Crippen LogP contribution in [0.3, 0.4) is 0 Å². The monoisotopic (exact) mass is 600 g/mol. The zero-order valence-corrected chi connectivity index (χ0v) is 23.7. The SMILES string of the molecule is Nc1cccc(C(=O)Nc2cccc(NC(=O)c3cc(O)cc(C(=O)Nc4cccc(NC(=O)c5cccc(N)c5)c4)c3)c2)c1. The Labute approximate surface area is 257 Å². The van der Waals surface area contributed by atoms with E-state index in [4.69, 9.17) is 11.5 Å². The number of phenols is 1. The van der Waals surface area contributed by atoms with Crippen LogP contribution in [0.1, 0.15) is 41.4 Å². The lowest BCUT2D eigenvalue weighted by atomic mass is 10.1. The van der Waals surface area contributed by atoms with Gasteiger partial charge in [-0.05, 0) is 91.0 Å². The molecule has 224 valence electrons. The first-order valence-electron chi connectivity index (χ1n) is 13.6. The summed E-state index contributed by atoms with van der Waals surface area (Å²) in [5, 5.41) is 21.2. The van der Waals surface area contributed by atoms with Crippen molar-refractivity contribution in [2.24, 2.45) is 0 Å². The van der Waals surface area contributed by atoms with E-state index in [1.165, 1.54) is 18.2 Å². The van der Waals surface area contributed by atoms with Crippen LogP contribution in [0.25, 0.3) is 0 Å². The van der Waals surface area contributed by atoms with Crippen molar-refractivity contribution in [2.45, 2.75) is 0 Å². The van der Waals surface area contributed by atoms with Gasteiger partial charge in [0.25, 0.3) is 23.6 Å². The quantitative estimate of drug-likeness (QED) is 0.113. The van der Waals surface area contributed by atoms with Gasteiger partial charge in [-0.2, -0.15) is 0 Å². The van der Waals surface area contributed by atoms with Gasteiger partial charge < -0.3 is 37.8 Å². The molecule has 0 atom stereocenters. The number of nitrogen functional groups attached to an aromatic ring is 2. The number of aromatic hydroxyl groups is 1. The predicted octanol–water partition coefficient (Wildman–Crippen LogP) is 5.57. The van der Waals surface area contributed by atoms with E-state index in [0.29, 0.717) is 45.3 Å².